The lowest BCUT2D eigenvalue weighted by atomic mass is 10.1. The monoisotopic (exact) mass is 242 g/mol. The van der Waals surface area contributed by atoms with Gasteiger partial charge in [0.05, 0.1) is 7.11 Å². The molecule has 2 atom stereocenters. The number of likely N-dealkylation sites (tertiary alicyclic amines) is 1. The number of amides is 2. The van der Waals surface area contributed by atoms with Crippen LogP contribution in [0, 0.1) is 0 Å². The van der Waals surface area contributed by atoms with Crippen LogP contribution >= 0.6 is 11.8 Å². The number of ether oxygens (including phenoxy) is 1. The fourth-order valence-corrected chi connectivity index (χ4v) is 2.89. The summed E-state index contributed by atoms with van der Waals surface area (Å²) in [5.41, 5.74) is -0.484. The summed E-state index contributed by atoms with van der Waals surface area (Å²) in [6.45, 7) is 5.53. The van der Waals surface area contributed by atoms with Gasteiger partial charge in [0.15, 0.2) is 6.04 Å². The molecule has 6 heteroatoms. The summed E-state index contributed by atoms with van der Waals surface area (Å²) in [4.78, 5) is 29.5. The van der Waals surface area contributed by atoms with E-state index in [9.17, 15) is 9.59 Å². The van der Waals surface area contributed by atoms with E-state index in [2.05, 4.69) is 4.99 Å². The molecule has 0 aromatic rings. The summed E-state index contributed by atoms with van der Waals surface area (Å²) in [5.74, 6) is -0.384. The minimum atomic E-state index is -0.591. The fourth-order valence-electron chi connectivity index (χ4n) is 1.89. The summed E-state index contributed by atoms with van der Waals surface area (Å²) in [6, 6.07) is -0.591. The van der Waals surface area contributed by atoms with Crippen LogP contribution in [0.3, 0.4) is 0 Å². The van der Waals surface area contributed by atoms with Crippen molar-refractivity contribution in [3.63, 3.8) is 0 Å². The van der Waals surface area contributed by atoms with Gasteiger partial charge < -0.3 is 4.74 Å². The molecule has 0 N–H and O–H groups in total. The Balaban J connectivity index is 2.31. The van der Waals surface area contributed by atoms with Crippen molar-refractivity contribution in [1.29, 1.82) is 0 Å². The molecule has 16 heavy (non-hydrogen) atoms. The van der Waals surface area contributed by atoms with Crippen LogP contribution in [-0.4, -0.2) is 45.9 Å². The van der Waals surface area contributed by atoms with Crippen molar-refractivity contribution >= 4 is 28.8 Å². The van der Waals surface area contributed by atoms with Crippen molar-refractivity contribution in [2.24, 2.45) is 4.99 Å². The van der Waals surface area contributed by atoms with E-state index in [-0.39, 0.29) is 11.8 Å². The molecule has 0 radical (unpaired) electrons. The van der Waals surface area contributed by atoms with Crippen molar-refractivity contribution in [2.75, 3.05) is 7.11 Å². The SMILES string of the molecule is COC1=NC2C(=O)N(C(C)(C)C)C(=O)C2S1. The van der Waals surface area contributed by atoms with Gasteiger partial charge >= 0.3 is 0 Å². The molecule has 88 valence electrons. The molecule has 0 aliphatic carbocycles. The lowest BCUT2D eigenvalue weighted by Crippen LogP contribution is -2.46. The minimum Gasteiger partial charge on any atom is -0.476 e. The van der Waals surface area contributed by atoms with Crippen LogP contribution in [0.4, 0.5) is 0 Å². The van der Waals surface area contributed by atoms with Gasteiger partial charge in [0.2, 0.25) is 11.1 Å². The smallest absolute Gasteiger partial charge is 0.256 e. The summed E-state index contributed by atoms with van der Waals surface area (Å²) in [5, 5.41) is -0.00747. The molecule has 2 rings (SSSR count). The number of aliphatic imine (C=N–C) groups is 1. The normalized spacial score (nSPS) is 29.5. The Hall–Kier alpha value is -1.04. The third-order valence-electron chi connectivity index (χ3n) is 2.54. The molecule has 2 aliphatic heterocycles. The number of thioether (sulfide) groups is 1. The summed E-state index contributed by atoms with van der Waals surface area (Å²) >= 11 is 1.23. The predicted molar refractivity (Wildman–Crippen MR) is 61.2 cm³/mol. The number of carbonyl (C=O) groups excluding carboxylic acids is 2. The van der Waals surface area contributed by atoms with Crippen LogP contribution in [0.5, 0.6) is 0 Å². The minimum absolute atomic E-state index is 0.164. The van der Waals surface area contributed by atoms with Gasteiger partial charge in [0, 0.05) is 5.54 Å². The van der Waals surface area contributed by atoms with Gasteiger partial charge in [-0.15, -0.1) is 0 Å². The molecular formula is C10H14N2O3S. The number of nitrogens with zero attached hydrogens (tertiary/aromatic N) is 2. The molecule has 0 aromatic heterocycles. The van der Waals surface area contributed by atoms with Crippen molar-refractivity contribution in [2.45, 2.75) is 37.6 Å². The zero-order valence-electron chi connectivity index (χ0n) is 9.68. The Morgan fingerprint density at radius 1 is 1.31 bits per heavy atom. The predicted octanol–water partition coefficient (Wildman–Crippen LogP) is 0.640. The fraction of sp³-hybridized carbons (Fsp3) is 0.700. The topological polar surface area (TPSA) is 59.0 Å². The van der Waals surface area contributed by atoms with Crippen molar-refractivity contribution < 1.29 is 14.3 Å². The first-order valence-electron chi connectivity index (χ1n) is 5.02. The first kappa shape index (κ1) is 11.4. The maximum Gasteiger partial charge on any atom is 0.256 e. The van der Waals surface area contributed by atoms with Crippen molar-refractivity contribution in [3.8, 4) is 0 Å². The zero-order valence-corrected chi connectivity index (χ0v) is 10.5. The lowest BCUT2D eigenvalue weighted by Gasteiger charge is -2.30. The van der Waals surface area contributed by atoms with Gasteiger partial charge in [-0.1, -0.05) is 11.8 Å². The van der Waals surface area contributed by atoms with E-state index < -0.39 is 16.8 Å². The van der Waals surface area contributed by atoms with Gasteiger partial charge in [-0.2, -0.15) is 0 Å². The highest BCUT2D eigenvalue weighted by atomic mass is 32.2. The van der Waals surface area contributed by atoms with E-state index in [4.69, 9.17) is 4.74 Å². The second-order valence-electron chi connectivity index (χ2n) is 4.77. The number of carbonyl (C=O) groups is 2. The Labute approximate surface area is 98.2 Å². The van der Waals surface area contributed by atoms with Gasteiger partial charge in [-0.05, 0) is 20.8 Å². The highest BCUT2D eigenvalue weighted by molar-refractivity contribution is 8.15. The number of imide groups is 1. The second-order valence-corrected chi connectivity index (χ2v) is 5.86. The molecule has 1 saturated heterocycles. The maximum absolute atomic E-state index is 12.1. The molecule has 2 aliphatic rings. The van der Waals surface area contributed by atoms with Gasteiger partial charge in [0.1, 0.15) is 5.25 Å². The van der Waals surface area contributed by atoms with Crippen LogP contribution in [0.1, 0.15) is 20.8 Å². The van der Waals surface area contributed by atoms with E-state index in [1.54, 1.807) is 0 Å². The van der Waals surface area contributed by atoms with E-state index in [1.165, 1.54) is 23.8 Å². The van der Waals surface area contributed by atoms with Crippen LogP contribution in [0.15, 0.2) is 4.99 Å². The van der Waals surface area contributed by atoms with Crippen molar-refractivity contribution in [3.05, 3.63) is 0 Å². The Kier molecular flexibility index (Phi) is 2.49. The number of fused-ring (bicyclic) bond motifs is 1. The second kappa shape index (κ2) is 3.48. The Morgan fingerprint density at radius 3 is 2.38 bits per heavy atom. The van der Waals surface area contributed by atoms with E-state index in [0.717, 1.165) is 0 Å². The maximum atomic E-state index is 12.1. The van der Waals surface area contributed by atoms with Crippen LogP contribution in [0.2, 0.25) is 0 Å². The number of rotatable bonds is 0. The van der Waals surface area contributed by atoms with Gasteiger partial charge in [0.25, 0.3) is 5.91 Å². The molecule has 0 saturated carbocycles. The van der Waals surface area contributed by atoms with Gasteiger partial charge in [-0.25, -0.2) is 4.99 Å². The lowest BCUT2D eigenvalue weighted by molar-refractivity contribution is -0.143. The van der Waals surface area contributed by atoms with Gasteiger partial charge in [-0.3, -0.25) is 14.5 Å². The molecule has 2 unspecified atom stereocenters. The standard InChI is InChI=1S/C10H14N2O3S/c1-10(2,3)12-7(13)5-6(8(12)14)16-9(11-5)15-4/h5-6H,1-4H3. The molecule has 0 spiro atoms. The van der Waals surface area contributed by atoms with Crippen LogP contribution in [-0.2, 0) is 14.3 Å². The summed E-state index contributed by atoms with van der Waals surface area (Å²) < 4.78 is 4.96. The first-order valence-corrected chi connectivity index (χ1v) is 5.90. The van der Waals surface area contributed by atoms with E-state index >= 15 is 0 Å². The molecule has 2 amide bonds. The first-order chi connectivity index (χ1) is 7.36. The third kappa shape index (κ3) is 1.52. The summed E-state index contributed by atoms with van der Waals surface area (Å²) in [7, 11) is 1.49. The average Bonchev–Trinajstić information content (AvgIpc) is 2.66. The average molecular weight is 242 g/mol. The number of hydrogen-bond donors (Lipinski definition) is 0. The van der Waals surface area contributed by atoms with Crippen molar-refractivity contribution in [1.82, 2.24) is 4.90 Å². The summed E-state index contributed by atoms with van der Waals surface area (Å²) in [6.07, 6.45) is 0. The third-order valence-corrected chi connectivity index (χ3v) is 3.73. The molecular weight excluding hydrogens is 228 g/mol. The van der Waals surface area contributed by atoms with E-state index in [1.807, 2.05) is 20.8 Å². The molecule has 5 nitrogen and oxygen atoms in total. The number of methoxy groups -OCH3 is 1. The molecule has 0 bridgehead atoms. The van der Waals surface area contributed by atoms with Crippen LogP contribution < -0.4 is 0 Å². The molecule has 2 heterocycles. The van der Waals surface area contributed by atoms with E-state index in [0.29, 0.717) is 5.23 Å². The Morgan fingerprint density at radius 2 is 1.94 bits per heavy atom. The zero-order chi connectivity index (χ0) is 12.1. The molecule has 1 fully saturated rings. The highest BCUT2D eigenvalue weighted by Gasteiger charge is 2.55. The van der Waals surface area contributed by atoms with Crippen LogP contribution in [0.25, 0.3) is 0 Å². The largest absolute Gasteiger partial charge is 0.476 e. The quantitative estimate of drug-likeness (QED) is 0.585. The number of hydrogen-bond acceptors (Lipinski definition) is 5. The Bertz CT molecular complexity index is 386. The highest BCUT2D eigenvalue weighted by Crippen LogP contribution is 2.37. The molecule has 0 aromatic carbocycles.